The second-order valence-corrected chi connectivity index (χ2v) is 13.5. The Hall–Kier alpha value is -3.80. The summed E-state index contributed by atoms with van der Waals surface area (Å²) in [7, 11) is 0. The number of hydrogen-bond acceptors (Lipinski definition) is 4. The van der Waals surface area contributed by atoms with E-state index >= 15 is 0 Å². The third-order valence-corrected chi connectivity index (χ3v) is 11.5. The second kappa shape index (κ2) is 10.2. The maximum absolute atomic E-state index is 14.5. The van der Waals surface area contributed by atoms with Crippen LogP contribution in [0.4, 0.5) is 5.69 Å². The van der Waals surface area contributed by atoms with Crippen LogP contribution < -0.4 is 5.32 Å². The van der Waals surface area contributed by atoms with E-state index in [1.807, 2.05) is 66.7 Å². The zero-order valence-corrected chi connectivity index (χ0v) is 24.5. The molecule has 4 aliphatic rings. The van der Waals surface area contributed by atoms with E-state index in [9.17, 15) is 14.4 Å². The Bertz CT molecular complexity index is 1570. The molecule has 1 heterocycles. The molecule has 0 bridgehead atoms. The maximum atomic E-state index is 14.5. The summed E-state index contributed by atoms with van der Waals surface area (Å²) in [6.45, 7) is 4.74. The Morgan fingerprint density at radius 2 is 1.62 bits per heavy atom. The molecule has 3 aromatic rings. The molecule has 0 unspecified atom stereocenters. The largest absolute Gasteiger partial charge is 0.321 e. The molecule has 6 atom stereocenters. The average molecular weight is 562 g/mol. The number of benzene rings is 2. The van der Waals surface area contributed by atoms with Gasteiger partial charge in [0.1, 0.15) is 0 Å². The maximum Gasteiger partial charge on any atom is 0.276 e. The molecule has 0 saturated heterocycles. The van der Waals surface area contributed by atoms with Crippen molar-refractivity contribution in [3.05, 3.63) is 89.8 Å². The number of aromatic nitrogens is 2. The number of fused-ring (bicyclic) bond motifs is 5. The number of Topliss-reactive ketones (excluding diaryl/α,β-unsaturated/α-hetero) is 1. The number of ketones is 2. The van der Waals surface area contributed by atoms with Gasteiger partial charge in [0.05, 0.1) is 11.3 Å². The first-order valence-corrected chi connectivity index (χ1v) is 15.6. The zero-order chi connectivity index (χ0) is 29.1. The molecule has 1 N–H and O–H groups in total. The van der Waals surface area contributed by atoms with Crippen molar-refractivity contribution >= 4 is 23.2 Å². The van der Waals surface area contributed by atoms with Crippen LogP contribution in [0.1, 0.15) is 86.1 Å². The Balaban J connectivity index is 1.20. The number of para-hydroxylation sites is 2. The fraction of sp³-hybridized carbons (Fsp3) is 0.444. The zero-order valence-electron chi connectivity index (χ0n) is 24.5. The van der Waals surface area contributed by atoms with Crippen molar-refractivity contribution in [1.82, 2.24) is 9.78 Å². The monoisotopic (exact) mass is 561 g/mol. The van der Waals surface area contributed by atoms with Crippen molar-refractivity contribution in [3.63, 3.8) is 0 Å². The molecule has 6 nitrogen and oxygen atoms in total. The highest BCUT2D eigenvalue weighted by Gasteiger charge is 2.60. The highest BCUT2D eigenvalue weighted by Crippen LogP contribution is 2.66. The van der Waals surface area contributed by atoms with E-state index in [1.54, 1.807) is 10.9 Å². The lowest BCUT2D eigenvalue weighted by atomic mass is 9.46. The molecule has 4 aliphatic carbocycles. The van der Waals surface area contributed by atoms with E-state index in [2.05, 4.69) is 24.3 Å². The Kier molecular flexibility index (Phi) is 6.56. The number of allylic oxidation sites excluding steroid dienone is 1. The lowest BCUT2D eigenvalue weighted by Gasteiger charge is -2.58. The quantitative estimate of drug-likeness (QED) is 0.328. The van der Waals surface area contributed by atoms with Crippen LogP contribution in [0.2, 0.25) is 0 Å². The van der Waals surface area contributed by atoms with Gasteiger partial charge >= 0.3 is 0 Å². The van der Waals surface area contributed by atoms with Crippen molar-refractivity contribution in [1.29, 1.82) is 0 Å². The number of nitrogens with zero attached hydrogens (tertiary/aromatic N) is 2. The molecular formula is C36H39N3O3. The van der Waals surface area contributed by atoms with Crippen LogP contribution in [0.3, 0.4) is 0 Å². The summed E-state index contributed by atoms with van der Waals surface area (Å²) in [5.41, 5.74) is 3.45. The number of nitrogens with one attached hydrogen (secondary N) is 1. The fourth-order valence-electron chi connectivity index (χ4n) is 9.32. The minimum atomic E-state index is -0.367. The molecule has 1 aromatic heterocycles. The van der Waals surface area contributed by atoms with Gasteiger partial charge in [0.25, 0.3) is 5.91 Å². The summed E-state index contributed by atoms with van der Waals surface area (Å²) in [6, 6.07) is 19.0. The fourth-order valence-corrected chi connectivity index (χ4v) is 9.32. The molecule has 42 heavy (non-hydrogen) atoms. The van der Waals surface area contributed by atoms with Gasteiger partial charge in [0.2, 0.25) is 0 Å². The van der Waals surface area contributed by atoms with E-state index in [4.69, 9.17) is 0 Å². The Morgan fingerprint density at radius 3 is 2.38 bits per heavy atom. The van der Waals surface area contributed by atoms with Crippen LogP contribution in [0, 0.1) is 34.5 Å². The van der Waals surface area contributed by atoms with Gasteiger partial charge in [0, 0.05) is 24.2 Å². The SMILES string of the molecule is C[C@]12CC[C@H]3[C@@H](CCC4=CC(=O)CC[C@@]43C)[C@@H]1CC[C@@H]2C(=O)c1cn(-c2ccccc2)nc1C(=O)Nc1ccccc1. The number of anilines is 1. The van der Waals surface area contributed by atoms with Gasteiger partial charge in [0.15, 0.2) is 17.3 Å². The molecule has 216 valence electrons. The molecular weight excluding hydrogens is 522 g/mol. The number of rotatable bonds is 5. The third-order valence-electron chi connectivity index (χ3n) is 11.5. The first kappa shape index (κ1) is 27.1. The van der Waals surface area contributed by atoms with E-state index < -0.39 is 0 Å². The highest BCUT2D eigenvalue weighted by atomic mass is 16.2. The second-order valence-electron chi connectivity index (χ2n) is 13.5. The Labute approximate surface area is 247 Å². The highest BCUT2D eigenvalue weighted by molar-refractivity contribution is 6.12. The molecule has 1 amide bonds. The smallest absolute Gasteiger partial charge is 0.276 e. The summed E-state index contributed by atoms with van der Waals surface area (Å²) < 4.78 is 1.67. The van der Waals surface area contributed by atoms with Crippen LogP contribution in [0.15, 0.2) is 78.5 Å². The van der Waals surface area contributed by atoms with Crippen LogP contribution in [-0.4, -0.2) is 27.3 Å². The number of carbonyl (C=O) groups is 3. The number of amides is 1. The molecule has 0 aliphatic heterocycles. The predicted octanol–water partition coefficient (Wildman–Crippen LogP) is 7.46. The first-order valence-electron chi connectivity index (χ1n) is 15.6. The van der Waals surface area contributed by atoms with Crippen LogP contribution in [0.25, 0.3) is 5.69 Å². The molecule has 3 saturated carbocycles. The third kappa shape index (κ3) is 4.29. The molecule has 0 radical (unpaired) electrons. The Morgan fingerprint density at radius 1 is 0.881 bits per heavy atom. The van der Waals surface area contributed by atoms with Gasteiger partial charge in [-0.05, 0) is 104 Å². The van der Waals surface area contributed by atoms with Crippen molar-refractivity contribution in [2.24, 2.45) is 34.5 Å². The van der Waals surface area contributed by atoms with Crippen molar-refractivity contribution < 1.29 is 14.4 Å². The molecule has 0 spiro atoms. The first-order chi connectivity index (χ1) is 20.3. The summed E-state index contributed by atoms with van der Waals surface area (Å²) in [6.07, 6.45) is 11.4. The molecule has 6 heteroatoms. The minimum Gasteiger partial charge on any atom is -0.321 e. The summed E-state index contributed by atoms with van der Waals surface area (Å²) in [5, 5.41) is 7.62. The van der Waals surface area contributed by atoms with Gasteiger partial charge in [-0.2, -0.15) is 5.10 Å². The summed E-state index contributed by atoms with van der Waals surface area (Å²) in [4.78, 5) is 40.3. The molecule has 2 aromatic carbocycles. The van der Waals surface area contributed by atoms with Crippen molar-refractivity contribution in [3.8, 4) is 5.69 Å². The van der Waals surface area contributed by atoms with Crippen LogP contribution >= 0.6 is 0 Å². The van der Waals surface area contributed by atoms with Crippen molar-refractivity contribution in [2.45, 2.75) is 65.2 Å². The minimum absolute atomic E-state index is 0.0460. The predicted molar refractivity (Wildman–Crippen MR) is 162 cm³/mol. The van der Waals surface area contributed by atoms with Gasteiger partial charge in [-0.15, -0.1) is 0 Å². The number of hydrogen-bond donors (Lipinski definition) is 1. The average Bonchev–Trinajstić information content (AvgIpc) is 3.60. The van der Waals surface area contributed by atoms with Gasteiger partial charge in [-0.3, -0.25) is 14.4 Å². The normalized spacial score (nSPS) is 31.9. The van der Waals surface area contributed by atoms with E-state index in [-0.39, 0.29) is 39.9 Å². The lowest BCUT2D eigenvalue weighted by Crippen LogP contribution is -2.51. The summed E-state index contributed by atoms with van der Waals surface area (Å²) >= 11 is 0. The van der Waals surface area contributed by atoms with Crippen LogP contribution in [0.5, 0.6) is 0 Å². The molecule has 3 fully saturated rings. The van der Waals surface area contributed by atoms with Gasteiger partial charge in [-0.1, -0.05) is 55.8 Å². The van der Waals surface area contributed by atoms with E-state index in [0.29, 0.717) is 35.4 Å². The van der Waals surface area contributed by atoms with E-state index in [1.165, 1.54) is 5.57 Å². The topological polar surface area (TPSA) is 81.1 Å². The van der Waals surface area contributed by atoms with E-state index in [0.717, 1.165) is 50.6 Å². The van der Waals surface area contributed by atoms with Gasteiger partial charge in [-0.25, -0.2) is 4.68 Å². The molecule has 7 rings (SSSR count). The van der Waals surface area contributed by atoms with Crippen molar-refractivity contribution in [2.75, 3.05) is 5.32 Å². The summed E-state index contributed by atoms with van der Waals surface area (Å²) in [5.74, 6) is 1.45. The number of carbonyl (C=O) groups excluding carboxylic acids is 3. The van der Waals surface area contributed by atoms with Gasteiger partial charge < -0.3 is 5.32 Å². The van der Waals surface area contributed by atoms with Crippen LogP contribution in [-0.2, 0) is 4.79 Å². The standard InChI is InChI=1S/C36H39N3O3/c1-35-19-17-26(40)21-23(35)13-14-27-29-15-16-31(36(29,2)20-18-30(27)35)33(41)28-22-39(25-11-7-4-8-12-25)38-32(28)34(42)37-24-9-5-3-6-10-24/h3-12,21-22,27,29-31H,13-20H2,1-2H3,(H,37,42)/t27-,29-,30-,31+,35-,36-/m0/s1. The lowest BCUT2D eigenvalue weighted by molar-refractivity contribution is -0.117.